The number of ketones is 1. The Morgan fingerprint density at radius 1 is 1.00 bits per heavy atom. The van der Waals surface area contributed by atoms with Crippen LogP contribution >= 0.6 is 0 Å². The second-order valence-electron chi connectivity index (χ2n) is 6.83. The van der Waals surface area contributed by atoms with Gasteiger partial charge in [0.05, 0.1) is 0 Å². The van der Waals surface area contributed by atoms with Crippen molar-refractivity contribution in [3.63, 3.8) is 0 Å². The van der Waals surface area contributed by atoms with E-state index in [2.05, 4.69) is 20.8 Å². The van der Waals surface area contributed by atoms with Gasteiger partial charge in [0.2, 0.25) is 0 Å². The fourth-order valence-corrected chi connectivity index (χ4v) is 3.05. The van der Waals surface area contributed by atoms with E-state index >= 15 is 0 Å². The van der Waals surface area contributed by atoms with Gasteiger partial charge in [0, 0.05) is 13.0 Å². The maximum atomic E-state index is 12.6. The Kier molecular flexibility index (Phi) is 6.52. The molecule has 0 amide bonds. The minimum absolute atomic E-state index is 0.362. The Balaban J connectivity index is 2.54. The maximum absolute atomic E-state index is 12.6. The Bertz CT molecular complexity index is 271. The van der Waals surface area contributed by atoms with Crippen LogP contribution in [-0.2, 0) is 9.53 Å². The normalized spacial score (nSPS) is 21.3. The molecule has 0 aromatic heterocycles. The Morgan fingerprint density at radius 3 is 2.16 bits per heavy atom. The molecule has 1 rings (SSSR count). The third-order valence-corrected chi connectivity index (χ3v) is 4.60. The van der Waals surface area contributed by atoms with Crippen LogP contribution < -0.4 is 0 Å². The van der Waals surface area contributed by atoms with Gasteiger partial charge in [-0.25, -0.2) is 0 Å². The van der Waals surface area contributed by atoms with Gasteiger partial charge in [0.1, 0.15) is 5.60 Å². The van der Waals surface area contributed by atoms with Crippen LogP contribution in [0.15, 0.2) is 0 Å². The molecule has 1 saturated carbocycles. The summed E-state index contributed by atoms with van der Waals surface area (Å²) < 4.78 is 5.93. The van der Waals surface area contributed by atoms with Crippen molar-refractivity contribution in [1.29, 1.82) is 0 Å². The van der Waals surface area contributed by atoms with Gasteiger partial charge in [-0.3, -0.25) is 4.79 Å². The number of ether oxygens (including phenoxy) is 1. The average molecular weight is 268 g/mol. The molecule has 1 aliphatic carbocycles. The molecule has 1 aliphatic rings. The largest absolute Gasteiger partial charge is 0.368 e. The first-order chi connectivity index (χ1) is 8.96. The molecule has 0 radical (unpaired) electrons. The standard InChI is InChI=1S/C17H32O2/c1-5-7-8-9-10-15(18)17(19-6-2)13-11-16(3,4)12-14-17/h5-14H2,1-4H3. The number of Topliss-reactive ketones (excluding diaryl/α,β-unsaturated/α-hetero) is 1. The quantitative estimate of drug-likeness (QED) is 0.585. The van der Waals surface area contributed by atoms with Crippen molar-refractivity contribution >= 4 is 5.78 Å². The third-order valence-electron chi connectivity index (χ3n) is 4.60. The van der Waals surface area contributed by atoms with Gasteiger partial charge in [-0.05, 0) is 44.4 Å². The Labute approximate surface area is 119 Å². The van der Waals surface area contributed by atoms with Gasteiger partial charge in [-0.2, -0.15) is 0 Å². The zero-order valence-corrected chi connectivity index (χ0v) is 13.4. The van der Waals surface area contributed by atoms with Crippen LogP contribution in [0.25, 0.3) is 0 Å². The van der Waals surface area contributed by atoms with Crippen LogP contribution in [-0.4, -0.2) is 18.0 Å². The maximum Gasteiger partial charge on any atom is 0.164 e. The van der Waals surface area contributed by atoms with Crippen molar-refractivity contribution in [2.45, 2.75) is 91.1 Å². The second-order valence-corrected chi connectivity index (χ2v) is 6.83. The van der Waals surface area contributed by atoms with Crippen molar-refractivity contribution in [3.05, 3.63) is 0 Å². The first-order valence-electron chi connectivity index (χ1n) is 8.13. The molecule has 0 saturated heterocycles. The van der Waals surface area contributed by atoms with Gasteiger partial charge in [-0.15, -0.1) is 0 Å². The molecule has 0 spiro atoms. The number of carbonyl (C=O) groups is 1. The minimum atomic E-state index is -0.448. The number of unbranched alkanes of at least 4 members (excludes halogenated alkanes) is 3. The SMILES string of the molecule is CCCCCCC(=O)C1(OCC)CCC(C)(C)CC1. The van der Waals surface area contributed by atoms with E-state index in [4.69, 9.17) is 4.74 Å². The highest BCUT2D eigenvalue weighted by atomic mass is 16.5. The number of hydrogen-bond donors (Lipinski definition) is 0. The third kappa shape index (κ3) is 4.91. The van der Waals surface area contributed by atoms with Gasteiger partial charge in [-0.1, -0.05) is 40.0 Å². The smallest absolute Gasteiger partial charge is 0.164 e. The average Bonchev–Trinajstić information content (AvgIpc) is 2.37. The predicted molar refractivity (Wildman–Crippen MR) is 80.4 cm³/mol. The summed E-state index contributed by atoms with van der Waals surface area (Å²) in [7, 11) is 0. The van der Waals surface area contributed by atoms with E-state index in [9.17, 15) is 4.79 Å². The van der Waals surface area contributed by atoms with Crippen LogP contribution in [0.3, 0.4) is 0 Å². The first kappa shape index (κ1) is 16.7. The summed E-state index contributed by atoms with van der Waals surface area (Å²) in [5, 5.41) is 0. The van der Waals surface area contributed by atoms with E-state index in [0.29, 0.717) is 24.2 Å². The lowest BCUT2D eigenvalue weighted by molar-refractivity contribution is -0.152. The highest BCUT2D eigenvalue weighted by molar-refractivity contribution is 5.87. The summed E-state index contributed by atoms with van der Waals surface area (Å²) in [6, 6.07) is 0. The van der Waals surface area contributed by atoms with Crippen molar-refractivity contribution in [1.82, 2.24) is 0 Å². The summed E-state index contributed by atoms with van der Waals surface area (Å²) in [6.45, 7) is 9.46. The van der Waals surface area contributed by atoms with E-state index in [1.807, 2.05) is 6.92 Å². The van der Waals surface area contributed by atoms with Gasteiger partial charge < -0.3 is 4.74 Å². The van der Waals surface area contributed by atoms with E-state index in [0.717, 1.165) is 32.1 Å². The zero-order chi connectivity index (χ0) is 14.4. The highest BCUT2D eigenvalue weighted by Gasteiger charge is 2.43. The molecule has 0 atom stereocenters. The Morgan fingerprint density at radius 2 is 1.63 bits per heavy atom. The summed E-state index contributed by atoms with van der Waals surface area (Å²) in [6.07, 6.45) is 9.42. The number of hydrogen-bond acceptors (Lipinski definition) is 2. The molecule has 19 heavy (non-hydrogen) atoms. The molecular formula is C17H32O2. The number of rotatable bonds is 8. The van der Waals surface area contributed by atoms with Crippen molar-refractivity contribution in [3.8, 4) is 0 Å². The topological polar surface area (TPSA) is 26.3 Å². The summed E-state index contributed by atoms with van der Waals surface area (Å²) in [5.74, 6) is 0.362. The van der Waals surface area contributed by atoms with Crippen LogP contribution in [0.4, 0.5) is 0 Å². The van der Waals surface area contributed by atoms with Crippen molar-refractivity contribution < 1.29 is 9.53 Å². The fraction of sp³-hybridized carbons (Fsp3) is 0.941. The van der Waals surface area contributed by atoms with Gasteiger partial charge in [0.15, 0.2) is 5.78 Å². The Hall–Kier alpha value is -0.370. The first-order valence-corrected chi connectivity index (χ1v) is 8.13. The van der Waals surface area contributed by atoms with Crippen molar-refractivity contribution in [2.75, 3.05) is 6.61 Å². The van der Waals surface area contributed by atoms with Crippen molar-refractivity contribution in [2.24, 2.45) is 5.41 Å². The molecule has 0 aromatic rings. The molecule has 112 valence electrons. The van der Waals surface area contributed by atoms with Gasteiger partial charge >= 0.3 is 0 Å². The van der Waals surface area contributed by atoms with Crippen LogP contribution in [0, 0.1) is 5.41 Å². The van der Waals surface area contributed by atoms with Gasteiger partial charge in [0.25, 0.3) is 0 Å². The molecule has 0 bridgehead atoms. The lowest BCUT2D eigenvalue weighted by Crippen LogP contribution is -2.46. The second kappa shape index (κ2) is 7.42. The molecule has 0 aliphatic heterocycles. The molecular weight excluding hydrogens is 236 g/mol. The lowest BCUT2D eigenvalue weighted by Gasteiger charge is -2.42. The lowest BCUT2D eigenvalue weighted by atomic mass is 9.69. The zero-order valence-electron chi connectivity index (χ0n) is 13.4. The minimum Gasteiger partial charge on any atom is -0.368 e. The molecule has 2 nitrogen and oxygen atoms in total. The van der Waals surface area contributed by atoms with E-state index in [1.54, 1.807) is 0 Å². The molecule has 0 unspecified atom stereocenters. The monoisotopic (exact) mass is 268 g/mol. The molecule has 0 heterocycles. The predicted octanol–water partition coefficient (Wildman–Crippen LogP) is 4.90. The van der Waals surface area contributed by atoms with E-state index < -0.39 is 5.60 Å². The molecule has 2 heteroatoms. The summed E-state index contributed by atoms with van der Waals surface area (Å²) in [4.78, 5) is 12.6. The molecule has 0 aromatic carbocycles. The molecule has 0 N–H and O–H groups in total. The van der Waals surface area contributed by atoms with E-state index in [1.165, 1.54) is 19.3 Å². The molecule has 1 fully saturated rings. The van der Waals surface area contributed by atoms with Crippen LogP contribution in [0.5, 0.6) is 0 Å². The summed E-state index contributed by atoms with van der Waals surface area (Å²) >= 11 is 0. The highest BCUT2D eigenvalue weighted by Crippen LogP contribution is 2.43. The number of carbonyl (C=O) groups excluding carboxylic acids is 1. The van der Waals surface area contributed by atoms with Crippen LogP contribution in [0.1, 0.15) is 85.5 Å². The fourth-order valence-electron chi connectivity index (χ4n) is 3.05. The van der Waals surface area contributed by atoms with E-state index in [-0.39, 0.29) is 0 Å². The van der Waals surface area contributed by atoms with Crippen LogP contribution in [0.2, 0.25) is 0 Å². The summed E-state index contributed by atoms with van der Waals surface area (Å²) in [5.41, 5.74) is -0.0699.